The number of carbonyl (C=O) groups excluding carboxylic acids is 3. The van der Waals surface area contributed by atoms with E-state index in [0.29, 0.717) is 31.7 Å². The van der Waals surface area contributed by atoms with E-state index in [4.69, 9.17) is 33.2 Å². The number of hydrogen-bond donors (Lipinski definition) is 1. The van der Waals surface area contributed by atoms with Crippen molar-refractivity contribution < 1.29 is 52.6 Å². The van der Waals surface area contributed by atoms with Crippen LogP contribution >= 0.6 is 0 Å². The molecule has 264 valence electrons. The van der Waals surface area contributed by atoms with Crippen LogP contribution in [0.1, 0.15) is 50.4 Å². The van der Waals surface area contributed by atoms with Gasteiger partial charge in [-0.05, 0) is 31.0 Å². The second-order valence-corrected chi connectivity index (χ2v) is 14.9. The Morgan fingerprint density at radius 3 is 2.19 bits per heavy atom. The molecule has 12 nitrogen and oxygen atoms in total. The Hall–Kier alpha value is -2.61. The van der Waals surface area contributed by atoms with E-state index in [1.165, 1.54) is 21.0 Å². The summed E-state index contributed by atoms with van der Waals surface area (Å²) in [6, 6.07) is 8.50. The summed E-state index contributed by atoms with van der Waals surface area (Å²) in [4.78, 5) is 42.2. The van der Waals surface area contributed by atoms with E-state index in [9.17, 15) is 19.5 Å². The summed E-state index contributed by atoms with van der Waals surface area (Å²) in [6.45, 7) is 6.43. The lowest BCUT2D eigenvalue weighted by Gasteiger charge is -2.70. The summed E-state index contributed by atoms with van der Waals surface area (Å²) < 4.78 is 44.4. The number of likely N-dealkylation sites (tertiary alicyclic amines) is 1. The van der Waals surface area contributed by atoms with Crippen LogP contribution in [0.2, 0.25) is 0 Å². The van der Waals surface area contributed by atoms with Crippen molar-refractivity contribution in [1.29, 1.82) is 0 Å². The van der Waals surface area contributed by atoms with Gasteiger partial charge in [0.2, 0.25) is 0 Å². The van der Waals surface area contributed by atoms with Gasteiger partial charge in [0.05, 0.1) is 30.5 Å². The predicted molar refractivity (Wildman–Crippen MR) is 169 cm³/mol. The smallest absolute Gasteiger partial charge is 0.338 e. The van der Waals surface area contributed by atoms with Crippen molar-refractivity contribution in [3.63, 3.8) is 0 Å². The van der Waals surface area contributed by atoms with Crippen molar-refractivity contribution in [1.82, 2.24) is 4.90 Å². The van der Waals surface area contributed by atoms with Crippen molar-refractivity contribution >= 4 is 17.9 Å². The number of esters is 3. The van der Waals surface area contributed by atoms with E-state index in [1.807, 2.05) is 6.07 Å². The van der Waals surface area contributed by atoms with Crippen molar-refractivity contribution in [2.24, 2.45) is 34.5 Å². The van der Waals surface area contributed by atoms with Crippen molar-refractivity contribution in [3.05, 3.63) is 35.9 Å². The van der Waals surface area contributed by atoms with E-state index in [-0.39, 0.29) is 36.7 Å². The molecule has 48 heavy (non-hydrogen) atoms. The molecule has 1 aromatic carbocycles. The summed E-state index contributed by atoms with van der Waals surface area (Å²) >= 11 is 0. The SMILES string of the molecule is CCN1CC2(COC)C(OC(C)=O)CC(OC)C34[C@@H]5C[C@]6(O)C(OC(=O)c7ccccc7)[C@@H]5[C@](OC(C)=O)(C[C@@H]6OC)C(C(OC)[C@H]23)[C@@H]14. The molecule has 14 atom stereocenters. The molecule has 0 aromatic heterocycles. The molecule has 6 aliphatic rings. The molecule has 1 heterocycles. The first-order valence-corrected chi connectivity index (χ1v) is 17.1. The largest absolute Gasteiger partial charge is 0.462 e. The molecule has 7 rings (SSSR count). The molecule has 1 aliphatic heterocycles. The Balaban J connectivity index is 1.51. The molecule has 1 saturated heterocycles. The zero-order valence-corrected chi connectivity index (χ0v) is 28.9. The highest BCUT2D eigenvalue weighted by molar-refractivity contribution is 5.89. The van der Waals surface area contributed by atoms with Gasteiger partial charge in [0.1, 0.15) is 23.4 Å². The number of piperidine rings is 1. The van der Waals surface area contributed by atoms with E-state index in [1.54, 1.807) is 45.6 Å². The van der Waals surface area contributed by atoms with Gasteiger partial charge in [-0.15, -0.1) is 0 Å². The lowest BCUT2D eigenvalue weighted by molar-refractivity contribution is -0.301. The fourth-order valence-electron chi connectivity index (χ4n) is 12.6. The molecular weight excluding hydrogens is 622 g/mol. The lowest BCUT2D eigenvalue weighted by Crippen LogP contribution is -2.79. The quantitative estimate of drug-likeness (QED) is 0.288. The fraction of sp³-hybridized carbons (Fsp3) is 0.750. The second-order valence-electron chi connectivity index (χ2n) is 14.9. The number of rotatable bonds is 10. The molecule has 0 radical (unpaired) electrons. The topological polar surface area (TPSA) is 139 Å². The van der Waals surface area contributed by atoms with Crippen LogP contribution in [-0.4, -0.2) is 124 Å². The van der Waals surface area contributed by atoms with Gasteiger partial charge in [0, 0.05) is 96.3 Å². The fourth-order valence-corrected chi connectivity index (χ4v) is 12.6. The monoisotopic (exact) mass is 671 g/mol. The Kier molecular flexibility index (Phi) is 8.28. The van der Waals surface area contributed by atoms with Crippen LogP contribution in [0.4, 0.5) is 0 Å². The third kappa shape index (κ3) is 4.13. The molecule has 1 spiro atoms. The summed E-state index contributed by atoms with van der Waals surface area (Å²) in [7, 11) is 6.56. The van der Waals surface area contributed by atoms with Crippen molar-refractivity contribution in [2.45, 2.75) is 87.8 Å². The molecule has 6 fully saturated rings. The van der Waals surface area contributed by atoms with Crippen LogP contribution in [0, 0.1) is 34.5 Å². The van der Waals surface area contributed by atoms with Crippen molar-refractivity contribution in [3.8, 4) is 0 Å². The van der Waals surface area contributed by atoms with E-state index >= 15 is 0 Å². The summed E-state index contributed by atoms with van der Waals surface area (Å²) in [5, 5.41) is 12.8. The molecule has 5 aliphatic carbocycles. The average molecular weight is 672 g/mol. The van der Waals surface area contributed by atoms with Crippen LogP contribution in [0.25, 0.3) is 0 Å². The van der Waals surface area contributed by atoms with E-state index < -0.39 is 76.3 Å². The standard InChI is InChI=1S/C36H49NO11/c1-8-37-17-33(18-42-4)23(46-19(2)38)14-24(43-5)36-22-15-34(41)25(44-6)16-35(48-20(3)39,27(30(36)37)28(45-7)29(33)36)26(22)31(34)47-32(40)21-12-10-9-11-13-21/h9-13,22-31,41H,8,14-18H2,1-7H3/t22-,23?,24?,25+,26-,27?,28?,29-,30-,31?,33?,34-,35-,36?/m1/s1. The Morgan fingerprint density at radius 2 is 1.60 bits per heavy atom. The maximum atomic E-state index is 13.8. The van der Waals surface area contributed by atoms with E-state index in [2.05, 4.69) is 11.8 Å². The summed E-state index contributed by atoms with van der Waals surface area (Å²) in [5.41, 5.74) is -3.87. The predicted octanol–water partition coefficient (Wildman–Crippen LogP) is 2.25. The number of fused-ring (bicyclic) bond motifs is 2. The maximum absolute atomic E-state index is 13.8. The molecule has 12 heteroatoms. The average Bonchev–Trinajstić information content (AvgIpc) is 3.43. The minimum Gasteiger partial charge on any atom is -0.462 e. The molecular formula is C36H49NO11. The highest BCUT2D eigenvalue weighted by Gasteiger charge is 2.91. The van der Waals surface area contributed by atoms with Crippen LogP contribution in [0.3, 0.4) is 0 Å². The molecule has 7 unspecified atom stereocenters. The van der Waals surface area contributed by atoms with Gasteiger partial charge in [-0.25, -0.2) is 4.79 Å². The third-order valence-corrected chi connectivity index (χ3v) is 13.4. The number of methoxy groups -OCH3 is 4. The van der Waals surface area contributed by atoms with Gasteiger partial charge in [-0.2, -0.15) is 0 Å². The Labute approximate surface area is 281 Å². The van der Waals surface area contributed by atoms with Crippen LogP contribution in [0.5, 0.6) is 0 Å². The zero-order chi connectivity index (χ0) is 34.4. The van der Waals surface area contributed by atoms with Crippen LogP contribution in [-0.2, 0) is 42.7 Å². The van der Waals surface area contributed by atoms with Gasteiger partial charge in [-0.3, -0.25) is 14.5 Å². The second kappa shape index (κ2) is 11.7. The molecule has 1 N–H and O–H groups in total. The molecule has 1 aromatic rings. The number of hydrogen-bond acceptors (Lipinski definition) is 12. The van der Waals surface area contributed by atoms with Gasteiger partial charge < -0.3 is 38.3 Å². The summed E-state index contributed by atoms with van der Waals surface area (Å²) in [5.74, 6) is -3.11. The van der Waals surface area contributed by atoms with Gasteiger partial charge in [0.15, 0.2) is 0 Å². The van der Waals surface area contributed by atoms with Crippen molar-refractivity contribution in [2.75, 3.05) is 48.1 Å². The van der Waals surface area contributed by atoms with Gasteiger partial charge in [-0.1, -0.05) is 25.1 Å². The molecule has 7 bridgehead atoms. The van der Waals surface area contributed by atoms with E-state index in [0.717, 1.165) is 0 Å². The maximum Gasteiger partial charge on any atom is 0.338 e. The lowest BCUT2D eigenvalue weighted by atomic mass is 9.42. The number of benzene rings is 1. The number of ether oxygens (including phenoxy) is 7. The number of aliphatic hydroxyl groups is 1. The Bertz CT molecular complexity index is 1440. The Morgan fingerprint density at radius 1 is 0.896 bits per heavy atom. The third-order valence-electron chi connectivity index (χ3n) is 13.4. The number of nitrogens with zero attached hydrogens (tertiary/aromatic N) is 1. The highest BCUT2D eigenvalue weighted by Crippen LogP contribution is 2.80. The van der Waals surface area contributed by atoms with Crippen LogP contribution in [0.15, 0.2) is 30.3 Å². The first-order chi connectivity index (χ1) is 22.9. The molecule has 0 amide bonds. The number of carbonyl (C=O) groups is 3. The minimum absolute atomic E-state index is 0.198. The van der Waals surface area contributed by atoms with Gasteiger partial charge >= 0.3 is 17.9 Å². The molecule has 5 saturated carbocycles. The highest BCUT2D eigenvalue weighted by atomic mass is 16.6. The first-order valence-electron chi connectivity index (χ1n) is 17.1. The first kappa shape index (κ1) is 33.9. The zero-order valence-electron chi connectivity index (χ0n) is 28.9. The van der Waals surface area contributed by atoms with Gasteiger partial charge in [0.25, 0.3) is 0 Å². The minimum atomic E-state index is -1.58. The summed E-state index contributed by atoms with van der Waals surface area (Å²) in [6.07, 6.45) is -2.50. The van der Waals surface area contributed by atoms with Crippen LogP contribution < -0.4 is 0 Å². The normalized spacial score (nSPS) is 46.6.